The van der Waals surface area contributed by atoms with Gasteiger partial charge in [0.25, 0.3) is 0 Å². The Balaban J connectivity index is 1.85. The van der Waals surface area contributed by atoms with Crippen molar-refractivity contribution in [1.29, 1.82) is 0 Å². The summed E-state index contributed by atoms with van der Waals surface area (Å²) in [5.41, 5.74) is 4.54. The summed E-state index contributed by atoms with van der Waals surface area (Å²) in [5.74, 6) is 0.706. The molecule has 3 atom stereocenters. The molecule has 0 radical (unpaired) electrons. The van der Waals surface area contributed by atoms with Gasteiger partial charge in [0.15, 0.2) is 0 Å². The van der Waals surface area contributed by atoms with Crippen LogP contribution in [0.1, 0.15) is 17.9 Å². The van der Waals surface area contributed by atoms with Crippen molar-refractivity contribution in [3.63, 3.8) is 0 Å². The molecule has 3 aliphatic heterocycles. The number of likely N-dealkylation sites (N-methyl/N-ethyl adjacent to an activating group) is 1. The molecule has 3 heterocycles. The maximum atomic E-state index is 2.89. The van der Waals surface area contributed by atoms with Gasteiger partial charge in [0.2, 0.25) is 0 Å². The maximum Gasteiger partial charge on any atom is 0.0644 e. The van der Waals surface area contributed by atoms with Gasteiger partial charge in [-0.2, -0.15) is 0 Å². The molecule has 3 nitrogen and oxygen atoms in total. The predicted octanol–water partition coefficient (Wildman–Crippen LogP) is 1.90. The van der Waals surface area contributed by atoms with Gasteiger partial charge in [0, 0.05) is 45.2 Å². The second-order valence-electron chi connectivity index (χ2n) is 5.79. The van der Waals surface area contributed by atoms with Crippen molar-refractivity contribution < 1.29 is 0 Å². The van der Waals surface area contributed by atoms with E-state index in [4.69, 9.17) is 0 Å². The fourth-order valence-electron chi connectivity index (χ4n) is 3.93. The van der Waals surface area contributed by atoms with Crippen molar-refractivity contribution in [2.45, 2.75) is 18.4 Å². The van der Waals surface area contributed by atoms with Crippen LogP contribution in [0.2, 0.25) is 0 Å². The number of para-hydroxylation sites is 1. The van der Waals surface area contributed by atoms with E-state index in [-0.39, 0.29) is 0 Å². The van der Waals surface area contributed by atoms with E-state index in [2.05, 4.69) is 49.1 Å². The van der Waals surface area contributed by atoms with Crippen LogP contribution in [0.5, 0.6) is 0 Å². The largest absolute Gasteiger partial charge is 0.371 e. The Labute approximate surface area is 111 Å². The third-order valence-corrected chi connectivity index (χ3v) is 5.30. The minimum atomic E-state index is 0.706. The fraction of sp³-hybridized carbons (Fsp3) is 0.571. The Morgan fingerprint density at radius 1 is 1.22 bits per heavy atom. The number of rotatable bonds is 0. The van der Waals surface area contributed by atoms with E-state index in [9.17, 15) is 0 Å². The molecular weight excluding hydrogens is 241 g/mol. The third kappa shape index (κ3) is 1.38. The van der Waals surface area contributed by atoms with E-state index in [1.807, 2.05) is 0 Å². The van der Waals surface area contributed by atoms with Gasteiger partial charge in [-0.15, -0.1) is 0 Å². The molecule has 0 spiro atoms. The van der Waals surface area contributed by atoms with Gasteiger partial charge in [-0.3, -0.25) is 4.67 Å². The molecule has 0 aromatic heterocycles. The van der Waals surface area contributed by atoms with Crippen LogP contribution in [0.25, 0.3) is 0 Å². The number of piperidine rings is 1. The zero-order valence-corrected chi connectivity index (χ0v) is 12.0. The molecule has 1 saturated heterocycles. The standard InChI is InChI=1S/C14H20N3P/c1-15-7-8-17-12-5-6-16(18)9-11(12)10-3-2-4-13(15)14(10)17/h2-4,11-12H,5-9,18H2,1H3. The highest BCUT2D eigenvalue weighted by molar-refractivity contribution is 7.13. The molecule has 4 rings (SSSR count). The Morgan fingerprint density at radius 3 is 3.00 bits per heavy atom. The Kier molecular flexibility index (Phi) is 2.37. The molecule has 96 valence electrons. The van der Waals surface area contributed by atoms with Gasteiger partial charge in [-0.25, -0.2) is 0 Å². The smallest absolute Gasteiger partial charge is 0.0644 e. The van der Waals surface area contributed by atoms with Crippen molar-refractivity contribution in [2.24, 2.45) is 0 Å². The third-order valence-electron chi connectivity index (χ3n) is 4.83. The summed E-state index contributed by atoms with van der Waals surface area (Å²) in [6, 6.07) is 7.60. The van der Waals surface area contributed by atoms with Gasteiger partial charge >= 0.3 is 0 Å². The highest BCUT2D eigenvalue weighted by atomic mass is 31.0. The fourth-order valence-corrected chi connectivity index (χ4v) is 4.31. The monoisotopic (exact) mass is 261 g/mol. The normalized spacial score (nSPS) is 30.3. The highest BCUT2D eigenvalue weighted by Crippen LogP contribution is 2.50. The average molecular weight is 261 g/mol. The van der Waals surface area contributed by atoms with E-state index < -0.39 is 0 Å². The van der Waals surface area contributed by atoms with Crippen LogP contribution in [-0.2, 0) is 0 Å². The van der Waals surface area contributed by atoms with Gasteiger partial charge < -0.3 is 9.80 Å². The molecule has 3 unspecified atom stereocenters. The Bertz CT molecular complexity index is 490. The molecule has 0 N–H and O–H groups in total. The summed E-state index contributed by atoms with van der Waals surface area (Å²) in [5, 5.41) is 0. The molecule has 0 amide bonds. The number of fused-ring (bicyclic) bond motifs is 3. The van der Waals surface area contributed by atoms with E-state index in [1.165, 1.54) is 37.4 Å². The number of anilines is 2. The predicted molar refractivity (Wildman–Crippen MR) is 79.5 cm³/mol. The second-order valence-corrected chi connectivity index (χ2v) is 6.52. The second kappa shape index (κ2) is 3.85. The van der Waals surface area contributed by atoms with Crippen molar-refractivity contribution in [2.75, 3.05) is 43.0 Å². The number of hydrogen-bond acceptors (Lipinski definition) is 3. The van der Waals surface area contributed by atoms with Gasteiger partial charge in [-0.05, 0) is 18.1 Å². The molecule has 1 aromatic rings. The first-order valence-electron chi connectivity index (χ1n) is 6.86. The molecule has 4 heteroatoms. The number of hydrogen-bond donors (Lipinski definition) is 0. The number of nitrogens with zero attached hydrogens (tertiary/aromatic N) is 3. The lowest BCUT2D eigenvalue weighted by molar-refractivity contribution is 0.309. The molecule has 0 bridgehead atoms. The summed E-state index contributed by atoms with van der Waals surface area (Å²) >= 11 is 0. The topological polar surface area (TPSA) is 9.72 Å². The van der Waals surface area contributed by atoms with Crippen molar-refractivity contribution in [3.05, 3.63) is 23.8 Å². The number of benzene rings is 1. The molecular formula is C14H20N3P. The molecule has 1 fully saturated rings. The zero-order valence-electron chi connectivity index (χ0n) is 10.8. The highest BCUT2D eigenvalue weighted by Gasteiger charge is 2.43. The van der Waals surface area contributed by atoms with Gasteiger partial charge in [0.1, 0.15) is 0 Å². The zero-order chi connectivity index (χ0) is 12.3. The van der Waals surface area contributed by atoms with Crippen molar-refractivity contribution in [1.82, 2.24) is 4.67 Å². The SMILES string of the molecule is CN1CCN2c3c(cccc31)C1CN(P)CCC12. The van der Waals surface area contributed by atoms with E-state index in [0.717, 1.165) is 12.6 Å². The van der Waals surface area contributed by atoms with E-state index in [1.54, 1.807) is 5.56 Å². The van der Waals surface area contributed by atoms with Gasteiger partial charge in [0.05, 0.1) is 11.4 Å². The van der Waals surface area contributed by atoms with Crippen LogP contribution >= 0.6 is 9.39 Å². The van der Waals surface area contributed by atoms with Crippen LogP contribution < -0.4 is 9.80 Å². The van der Waals surface area contributed by atoms with Crippen LogP contribution in [-0.4, -0.2) is 43.9 Å². The summed E-state index contributed by atoms with van der Waals surface area (Å²) in [6.45, 7) is 4.75. The summed E-state index contributed by atoms with van der Waals surface area (Å²) in [7, 11) is 5.10. The lowest BCUT2D eigenvalue weighted by Gasteiger charge is -2.40. The van der Waals surface area contributed by atoms with Crippen LogP contribution in [0.4, 0.5) is 11.4 Å². The first-order chi connectivity index (χ1) is 8.75. The molecule has 1 aromatic carbocycles. The minimum absolute atomic E-state index is 0.706. The minimum Gasteiger partial charge on any atom is -0.371 e. The molecule has 0 aliphatic carbocycles. The van der Waals surface area contributed by atoms with Crippen molar-refractivity contribution >= 4 is 20.8 Å². The van der Waals surface area contributed by atoms with Crippen LogP contribution in [0.15, 0.2) is 18.2 Å². The van der Waals surface area contributed by atoms with Crippen LogP contribution in [0, 0.1) is 0 Å². The van der Waals surface area contributed by atoms with E-state index >= 15 is 0 Å². The summed E-state index contributed by atoms with van der Waals surface area (Å²) in [6.07, 6.45) is 1.30. The first kappa shape index (κ1) is 11.1. The average Bonchev–Trinajstić information content (AvgIpc) is 2.69. The van der Waals surface area contributed by atoms with Crippen molar-refractivity contribution in [3.8, 4) is 0 Å². The Hall–Kier alpha value is -0.790. The lowest BCUT2D eigenvalue weighted by atomic mass is 9.90. The molecule has 18 heavy (non-hydrogen) atoms. The van der Waals surface area contributed by atoms with Crippen LogP contribution in [0.3, 0.4) is 0 Å². The molecule has 0 saturated carbocycles. The summed E-state index contributed by atoms with van der Waals surface area (Å²) < 4.78 is 2.41. The molecule has 3 aliphatic rings. The maximum absolute atomic E-state index is 2.89. The summed E-state index contributed by atoms with van der Waals surface area (Å²) in [4.78, 5) is 5.10. The lowest BCUT2D eigenvalue weighted by Crippen LogP contribution is -2.47. The Morgan fingerprint density at radius 2 is 2.11 bits per heavy atom. The van der Waals surface area contributed by atoms with E-state index in [0.29, 0.717) is 5.92 Å². The quantitative estimate of drug-likeness (QED) is 0.660. The first-order valence-corrected chi connectivity index (χ1v) is 7.37. The van der Waals surface area contributed by atoms with Gasteiger partial charge in [-0.1, -0.05) is 21.5 Å².